The van der Waals surface area contributed by atoms with Crippen LogP contribution in [0, 0.1) is 10.1 Å². The molecule has 6 heteroatoms. The number of ketones is 1. The van der Waals surface area contributed by atoms with Gasteiger partial charge in [0.2, 0.25) is 0 Å². The highest BCUT2D eigenvalue weighted by Crippen LogP contribution is 2.33. The molecule has 0 N–H and O–H groups in total. The summed E-state index contributed by atoms with van der Waals surface area (Å²) in [4.78, 5) is 23.3. The molecule has 0 aromatic heterocycles. The average molecular weight is 254 g/mol. The highest BCUT2D eigenvalue weighted by atomic mass is 16.6. The maximum atomic E-state index is 11.7. The standard InChI is InChI=1S/C12H14N2O4/c1-18-12-8-9(14(16)17)2-3-11(12)13-6-4-10(15)5-7-13/h2-3,8H,4-7H2,1H3/i4D2,5D2. The van der Waals surface area contributed by atoms with E-state index in [4.69, 9.17) is 10.2 Å². The summed E-state index contributed by atoms with van der Waals surface area (Å²) in [6.45, 7) is -0.695. The quantitative estimate of drug-likeness (QED) is 0.607. The van der Waals surface area contributed by atoms with Crippen molar-refractivity contribution in [3.05, 3.63) is 28.3 Å². The maximum absolute atomic E-state index is 11.7. The van der Waals surface area contributed by atoms with Crippen molar-refractivity contribution in [3.63, 3.8) is 0 Å². The van der Waals surface area contributed by atoms with E-state index in [1.165, 1.54) is 30.2 Å². The minimum atomic E-state index is -2.35. The van der Waals surface area contributed by atoms with E-state index in [9.17, 15) is 14.9 Å². The van der Waals surface area contributed by atoms with Crippen LogP contribution in [0.3, 0.4) is 0 Å². The Kier molecular flexibility index (Phi) is 2.26. The fraction of sp³-hybridized carbons (Fsp3) is 0.417. The van der Waals surface area contributed by atoms with Gasteiger partial charge in [-0.3, -0.25) is 14.9 Å². The van der Waals surface area contributed by atoms with E-state index in [1.807, 2.05) is 0 Å². The van der Waals surface area contributed by atoms with Crippen LogP contribution >= 0.6 is 0 Å². The number of Topliss-reactive ketones (excluding diaryl/α,β-unsaturated/α-hetero) is 1. The SMILES string of the molecule is [2H]C1([2H])CN(c2ccc([N+](=O)[O-])cc2OC)CC([2H])([2H])C1=O. The van der Waals surface area contributed by atoms with Crippen molar-refractivity contribution in [3.8, 4) is 5.75 Å². The first-order valence-corrected chi connectivity index (χ1v) is 5.21. The number of nitrogens with zero attached hydrogens (tertiary/aromatic N) is 2. The molecule has 0 spiro atoms. The number of non-ortho nitro benzene ring substituents is 1. The topological polar surface area (TPSA) is 72.7 Å². The van der Waals surface area contributed by atoms with Gasteiger partial charge in [0.15, 0.2) is 0 Å². The predicted octanol–water partition coefficient (Wildman–Crippen LogP) is 1.77. The zero-order valence-electron chi connectivity index (χ0n) is 13.7. The number of carbonyl (C=O) groups excluding carboxylic acids is 1. The van der Waals surface area contributed by atoms with Crippen molar-refractivity contribution in [2.45, 2.75) is 12.7 Å². The normalized spacial score (nSPS) is 24.5. The van der Waals surface area contributed by atoms with E-state index in [1.54, 1.807) is 0 Å². The van der Waals surface area contributed by atoms with Gasteiger partial charge < -0.3 is 9.64 Å². The smallest absolute Gasteiger partial charge is 0.273 e. The van der Waals surface area contributed by atoms with Gasteiger partial charge in [-0.05, 0) is 6.07 Å². The largest absolute Gasteiger partial charge is 0.494 e. The molecule has 6 nitrogen and oxygen atoms in total. The van der Waals surface area contributed by atoms with Gasteiger partial charge in [0, 0.05) is 37.4 Å². The zero-order valence-corrected chi connectivity index (χ0v) is 9.67. The van der Waals surface area contributed by atoms with Crippen LogP contribution in [-0.4, -0.2) is 30.9 Å². The van der Waals surface area contributed by atoms with Crippen LogP contribution in [0.1, 0.15) is 18.2 Å². The van der Waals surface area contributed by atoms with E-state index in [0.717, 1.165) is 0 Å². The molecule has 2 rings (SSSR count). The Bertz CT molecular complexity index is 616. The summed E-state index contributed by atoms with van der Waals surface area (Å²) in [5.74, 6) is -0.979. The van der Waals surface area contributed by atoms with Crippen molar-refractivity contribution in [2.24, 2.45) is 0 Å². The molecule has 0 radical (unpaired) electrons. The molecule has 0 amide bonds. The lowest BCUT2D eigenvalue weighted by Crippen LogP contribution is -2.33. The Morgan fingerprint density at radius 3 is 2.67 bits per heavy atom. The molecule has 0 aliphatic carbocycles. The number of carbonyl (C=O) groups is 1. The van der Waals surface area contributed by atoms with Gasteiger partial charge in [0.05, 0.1) is 23.8 Å². The molecule has 1 aliphatic rings. The van der Waals surface area contributed by atoms with E-state index >= 15 is 0 Å². The van der Waals surface area contributed by atoms with E-state index < -0.39 is 23.5 Å². The Morgan fingerprint density at radius 2 is 2.11 bits per heavy atom. The summed E-state index contributed by atoms with van der Waals surface area (Å²) in [6, 6.07) is 3.76. The minimum absolute atomic E-state index is 0.121. The van der Waals surface area contributed by atoms with Gasteiger partial charge in [-0.1, -0.05) is 0 Å². The number of benzene rings is 1. The molecule has 96 valence electrons. The van der Waals surface area contributed by atoms with Crippen molar-refractivity contribution in [2.75, 3.05) is 25.1 Å². The molecule has 1 heterocycles. The average Bonchev–Trinajstić information content (AvgIpc) is 2.43. The van der Waals surface area contributed by atoms with Crippen LogP contribution in [0.2, 0.25) is 0 Å². The lowest BCUT2D eigenvalue weighted by molar-refractivity contribution is -0.384. The second-order valence-corrected chi connectivity index (χ2v) is 3.65. The molecule has 1 fully saturated rings. The molecule has 0 bridgehead atoms. The lowest BCUT2D eigenvalue weighted by atomic mass is 10.1. The van der Waals surface area contributed by atoms with Gasteiger partial charge in [-0.2, -0.15) is 0 Å². The van der Waals surface area contributed by atoms with Crippen LogP contribution in [0.15, 0.2) is 18.2 Å². The number of nitro benzene ring substituents is 1. The Morgan fingerprint density at radius 1 is 1.44 bits per heavy atom. The van der Waals surface area contributed by atoms with Crippen molar-refractivity contribution in [1.29, 1.82) is 0 Å². The summed E-state index contributed by atoms with van der Waals surface area (Å²) in [6.07, 6.45) is -4.71. The number of hydrogen-bond acceptors (Lipinski definition) is 5. The van der Waals surface area contributed by atoms with Crippen LogP contribution < -0.4 is 9.64 Å². The Labute approximate surface area is 110 Å². The second-order valence-electron chi connectivity index (χ2n) is 3.65. The van der Waals surface area contributed by atoms with Crippen molar-refractivity contribution < 1.29 is 19.9 Å². The Hall–Kier alpha value is -2.11. The number of methoxy groups -OCH3 is 1. The van der Waals surface area contributed by atoms with Crippen LogP contribution in [-0.2, 0) is 4.79 Å². The summed E-state index contributed by atoms with van der Waals surface area (Å²) < 4.78 is 35.8. The third kappa shape index (κ3) is 2.42. The van der Waals surface area contributed by atoms with Gasteiger partial charge in [-0.25, -0.2) is 0 Å². The van der Waals surface area contributed by atoms with E-state index in [2.05, 4.69) is 0 Å². The summed E-state index contributed by atoms with van der Waals surface area (Å²) in [5.41, 5.74) is 0.105. The second kappa shape index (κ2) is 5.03. The number of rotatable bonds is 3. The molecular formula is C12H14N2O4. The summed E-state index contributed by atoms with van der Waals surface area (Å²) in [5, 5.41) is 10.8. The first-order valence-electron chi connectivity index (χ1n) is 7.21. The highest BCUT2D eigenvalue weighted by molar-refractivity contribution is 5.81. The number of anilines is 1. The molecule has 0 saturated carbocycles. The third-order valence-corrected chi connectivity index (χ3v) is 2.58. The molecule has 18 heavy (non-hydrogen) atoms. The molecule has 1 aromatic rings. The van der Waals surface area contributed by atoms with E-state index in [-0.39, 0.29) is 24.5 Å². The van der Waals surface area contributed by atoms with Crippen LogP contribution in [0.5, 0.6) is 5.75 Å². The van der Waals surface area contributed by atoms with Crippen molar-refractivity contribution >= 4 is 17.2 Å². The van der Waals surface area contributed by atoms with Crippen molar-refractivity contribution in [1.82, 2.24) is 0 Å². The first kappa shape index (κ1) is 8.07. The zero-order chi connectivity index (χ0) is 16.7. The first-order chi connectivity index (χ1) is 10.1. The summed E-state index contributed by atoms with van der Waals surface area (Å²) in [7, 11) is 1.31. The molecule has 1 aromatic carbocycles. The van der Waals surface area contributed by atoms with E-state index in [0.29, 0.717) is 5.69 Å². The maximum Gasteiger partial charge on any atom is 0.273 e. The predicted molar refractivity (Wildman–Crippen MR) is 66.1 cm³/mol. The third-order valence-electron chi connectivity index (χ3n) is 2.58. The monoisotopic (exact) mass is 254 g/mol. The lowest BCUT2D eigenvalue weighted by Gasteiger charge is -2.29. The van der Waals surface area contributed by atoms with Gasteiger partial charge in [0.1, 0.15) is 11.5 Å². The number of hydrogen-bond donors (Lipinski definition) is 0. The molecular weight excluding hydrogens is 236 g/mol. The molecule has 0 atom stereocenters. The molecule has 1 aliphatic heterocycles. The van der Waals surface area contributed by atoms with Crippen LogP contribution in [0.4, 0.5) is 11.4 Å². The van der Waals surface area contributed by atoms with Gasteiger partial charge >= 0.3 is 0 Å². The van der Waals surface area contributed by atoms with Crippen LogP contribution in [0.25, 0.3) is 0 Å². The fourth-order valence-electron chi connectivity index (χ4n) is 1.66. The van der Waals surface area contributed by atoms with Gasteiger partial charge in [-0.15, -0.1) is 0 Å². The minimum Gasteiger partial charge on any atom is -0.494 e. The number of ether oxygens (including phenoxy) is 1. The molecule has 0 unspecified atom stereocenters. The fourth-order valence-corrected chi connectivity index (χ4v) is 1.66. The number of piperidine rings is 1. The highest BCUT2D eigenvalue weighted by Gasteiger charge is 2.20. The molecule has 1 saturated heterocycles. The summed E-state index contributed by atoms with van der Waals surface area (Å²) >= 11 is 0. The Balaban J connectivity index is 2.43. The number of nitro groups is 1. The van der Waals surface area contributed by atoms with Gasteiger partial charge in [0.25, 0.3) is 5.69 Å².